The van der Waals surface area contributed by atoms with E-state index in [0.29, 0.717) is 12.2 Å². The smallest absolute Gasteiger partial charge is 0.227 e. The second kappa shape index (κ2) is 6.20. The number of nitrogens with one attached hydrogen (secondary N) is 2. The predicted octanol–water partition coefficient (Wildman–Crippen LogP) is 3.65. The van der Waals surface area contributed by atoms with Crippen LogP contribution in [0.25, 0.3) is 0 Å². The van der Waals surface area contributed by atoms with Crippen molar-refractivity contribution in [3.05, 3.63) is 65.4 Å². The molecule has 134 valence electrons. The van der Waals surface area contributed by atoms with Crippen LogP contribution in [0.3, 0.4) is 0 Å². The highest BCUT2D eigenvalue weighted by Crippen LogP contribution is 2.42. The van der Waals surface area contributed by atoms with Crippen molar-refractivity contribution in [2.24, 2.45) is 5.41 Å². The van der Waals surface area contributed by atoms with Crippen LogP contribution in [-0.4, -0.2) is 17.9 Å². The van der Waals surface area contributed by atoms with Crippen LogP contribution in [0.2, 0.25) is 0 Å². The van der Waals surface area contributed by atoms with E-state index >= 15 is 0 Å². The summed E-state index contributed by atoms with van der Waals surface area (Å²) in [5.74, 6) is 1.29. The zero-order valence-electron chi connectivity index (χ0n) is 15.5. The fraction of sp³-hybridized carbons (Fsp3) is 0.318. The third kappa shape index (κ3) is 2.96. The van der Waals surface area contributed by atoms with Gasteiger partial charge >= 0.3 is 0 Å². The third-order valence-electron chi connectivity index (χ3n) is 5.19. The summed E-state index contributed by atoms with van der Waals surface area (Å²) in [6.07, 6.45) is 1.58. The Bertz CT molecular complexity index is 895. The Hall–Kier alpha value is -2.75. The molecule has 1 aliphatic heterocycles. The normalized spacial score (nSPS) is 21.0. The molecule has 4 rings (SSSR count). The summed E-state index contributed by atoms with van der Waals surface area (Å²) in [7, 11) is 1.67. The predicted molar refractivity (Wildman–Crippen MR) is 104 cm³/mol. The van der Waals surface area contributed by atoms with Crippen molar-refractivity contribution in [3.63, 3.8) is 0 Å². The average Bonchev–Trinajstić information content (AvgIpc) is 2.77. The van der Waals surface area contributed by atoms with Crippen LogP contribution in [-0.2, 0) is 0 Å². The van der Waals surface area contributed by atoms with Crippen molar-refractivity contribution in [1.82, 2.24) is 0 Å². The van der Waals surface area contributed by atoms with Crippen molar-refractivity contribution < 1.29 is 14.8 Å². The molecule has 1 aliphatic carbocycles. The van der Waals surface area contributed by atoms with E-state index in [4.69, 9.17) is 4.74 Å². The molecule has 0 spiro atoms. The van der Waals surface area contributed by atoms with Crippen LogP contribution in [0.15, 0.2) is 59.9 Å². The van der Waals surface area contributed by atoms with E-state index < -0.39 is 0 Å². The van der Waals surface area contributed by atoms with E-state index in [2.05, 4.69) is 48.4 Å². The van der Waals surface area contributed by atoms with Gasteiger partial charge in [0.15, 0.2) is 5.71 Å². The largest absolute Gasteiger partial charge is 0.512 e. The van der Waals surface area contributed by atoms with Gasteiger partial charge in [0, 0.05) is 18.9 Å². The number of ether oxygens (including phenoxy) is 1. The minimum absolute atomic E-state index is 0.0274. The summed E-state index contributed by atoms with van der Waals surface area (Å²) in [5.41, 5.74) is 5.26. The number of fused-ring (bicyclic) bond motifs is 2. The van der Waals surface area contributed by atoms with Crippen molar-refractivity contribution in [1.29, 1.82) is 0 Å². The maximum absolute atomic E-state index is 10.9. The van der Waals surface area contributed by atoms with Gasteiger partial charge in [0.05, 0.1) is 18.7 Å². The molecule has 2 aromatic rings. The highest BCUT2D eigenvalue weighted by molar-refractivity contribution is 6.01. The zero-order chi connectivity index (χ0) is 18.3. The molecule has 0 bridgehead atoms. The molecule has 26 heavy (non-hydrogen) atoms. The Kier molecular flexibility index (Phi) is 3.98. The number of aliphatic hydroxyl groups excluding tert-OH is 1. The molecule has 2 aromatic carbocycles. The van der Waals surface area contributed by atoms with Gasteiger partial charge in [-0.2, -0.15) is 0 Å². The van der Waals surface area contributed by atoms with Crippen LogP contribution < -0.4 is 15.0 Å². The second-order valence-corrected chi connectivity index (χ2v) is 7.88. The lowest BCUT2D eigenvalue weighted by molar-refractivity contribution is -0.354. The van der Waals surface area contributed by atoms with Gasteiger partial charge in [0.25, 0.3) is 0 Å². The first-order chi connectivity index (χ1) is 12.5. The van der Waals surface area contributed by atoms with Gasteiger partial charge in [-0.3, -0.25) is 0 Å². The Morgan fingerprint density at radius 2 is 1.81 bits per heavy atom. The summed E-state index contributed by atoms with van der Waals surface area (Å²) in [6, 6.07) is 16.1. The molecular formula is C22H25N2O2+. The van der Waals surface area contributed by atoms with Gasteiger partial charge in [-0.15, -0.1) is 0 Å². The summed E-state index contributed by atoms with van der Waals surface area (Å²) >= 11 is 0. The first-order valence-electron chi connectivity index (χ1n) is 9.01. The van der Waals surface area contributed by atoms with E-state index in [1.54, 1.807) is 7.11 Å². The Morgan fingerprint density at radius 1 is 1.08 bits per heavy atom. The lowest BCUT2D eigenvalue weighted by atomic mass is 9.74. The second-order valence-electron chi connectivity index (χ2n) is 7.88. The molecule has 0 fully saturated rings. The van der Waals surface area contributed by atoms with Crippen molar-refractivity contribution in [2.45, 2.75) is 32.7 Å². The number of aliphatic hydroxyl groups is 1. The molecule has 2 aliphatic rings. The summed E-state index contributed by atoms with van der Waals surface area (Å²) in [5, 5.41) is 14.6. The highest BCUT2D eigenvalue weighted by Gasteiger charge is 2.40. The quantitative estimate of drug-likeness (QED) is 0.776. The third-order valence-corrected chi connectivity index (χ3v) is 5.19. The first kappa shape index (κ1) is 16.7. The standard InChI is InChI=1S/C22H24N2O2/c1-22(2)12-18-20(19(25)13-22)21(14-8-10-15(26-3)11-9-14)24-17-7-5-4-6-16(17)23-18/h4-11,21,24-25H,12-13H2,1-3H3/p+1. The van der Waals surface area contributed by atoms with E-state index in [1.165, 1.54) is 0 Å². The molecule has 4 heteroatoms. The van der Waals surface area contributed by atoms with Gasteiger partial charge < -0.3 is 15.2 Å². The zero-order valence-corrected chi connectivity index (χ0v) is 15.5. The molecule has 0 aromatic heterocycles. The molecular weight excluding hydrogens is 324 g/mol. The number of hydrogen-bond donors (Lipinski definition) is 3. The van der Waals surface area contributed by atoms with Crippen molar-refractivity contribution >= 4 is 17.1 Å². The van der Waals surface area contributed by atoms with Crippen LogP contribution in [0.4, 0.5) is 11.4 Å². The lowest BCUT2D eigenvalue weighted by Crippen LogP contribution is -2.67. The van der Waals surface area contributed by atoms with Crippen LogP contribution in [0.1, 0.15) is 38.3 Å². The van der Waals surface area contributed by atoms with Gasteiger partial charge in [0.2, 0.25) is 5.69 Å². The average molecular weight is 349 g/mol. The molecule has 1 atom stereocenters. The lowest BCUT2D eigenvalue weighted by Gasteiger charge is -2.32. The number of rotatable bonds is 2. The number of methoxy groups -OCH3 is 1. The number of hydrogen-bond acceptors (Lipinski definition) is 3. The van der Waals surface area contributed by atoms with Gasteiger partial charge in [-0.25, -0.2) is 4.99 Å². The molecule has 1 heterocycles. The molecule has 0 radical (unpaired) electrons. The molecule has 0 saturated carbocycles. The maximum Gasteiger partial charge on any atom is 0.227 e. The summed E-state index contributed by atoms with van der Waals surface area (Å²) < 4.78 is 5.29. The minimum atomic E-state index is -0.108. The fourth-order valence-electron chi connectivity index (χ4n) is 3.97. The number of benzene rings is 2. The SMILES string of the molecule is COc1ccc(C2Nc3ccccc3[NH+]=C3CC(C)(C)CC(O)=C32)cc1. The fourth-order valence-corrected chi connectivity index (χ4v) is 3.97. The van der Waals surface area contributed by atoms with Crippen LogP contribution in [0.5, 0.6) is 5.75 Å². The van der Waals surface area contributed by atoms with Gasteiger partial charge in [0.1, 0.15) is 17.2 Å². The summed E-state index contributed by atoms with van der Waals surface area (Å²) in [6.45, 7) is 4.39. The number of anilines is 1. The van der Waals surface area contributed by atoms with Gasteiger partial charge in [-0.05, 0) is 29.2 Å². The first-order valence-corrected chi connectivity index (χ1v) is 9.01. The van der Waals surface area contributed by atoms with Crippen LogP contribution in [0, 0.1) is 5.41 Å². The van der Waals surface area contributed by atoms with E-state index in [9.17, 15) is 5.11 Å². The molecule has 0 saturated heterocycles. The number of para-hydroxylation sites is 2. The minimum Gasteiger partial charge on any atom is -0.512 e. The number of allylic oxidation sites excluding steroid dienone is 1. The van der Waals surface area contributed by atoms with Gasteiger partial charge in [-0.1, -0.05) is 38.1 Å². The Morgan fingerprint density at radius 3 is 2.54 bits per heavy atom. The monoisotopic (exact) mass is 349 g/mol. The molecule has 0 amide bonds. The summed E-state index contributed by atoms with van der Waals surface area (Å²) in [4.78, 5) is 3.58. The van der Waals surface area contributed by atoms with Crippen LogP contribution >= 0.6 is 0 Å². The van der Waals surface area contributed by atoms with E-state index in [0.717, 1.165) is 40.4 Å². The molecule has 3 N–H and O–H groups in total. The molecule has 1 unspecified atom stereocenters. The van der Waals surface area contributed by atoms with E-state index in [1.807, 2.05) is 24.3 Å². The maximum atomic E-state index is 10.9. The highest BCUT2D eigenvalue weighted by atomic mass is 16.5. The van der Waals surface area contributed by atoms with Crippen molar-refractivity contribution in [2.75, 3.05) is 12.4 Å². The topological polar surface area (TPSA) is 55.5 Å². The Labute approximate surface area is 154 Å². The van der Waals surface area contributed by atoms with Crippen molar-refractivity contribution in [3.8, 4) is 5.75 Å². The molecule has 4 nitrogen and oxygen atoms in total. The van der Waals surface area contributed by atoms with E-state index in [-0.39, 0.29) is 11.5 Å². The Balaban J connectivity index is 1.88.